The summed E-state index contributed by atoms with van der Waals surface area (Å²) in [4.78, 5) is 19.8. The normalized spacial score (nSPS) is 16.1. The molecule has 1 aliphatic rings. The van der Waals surface area contributed by atoms with Gasteiger partial charge in [0.15, 0.2) is 0 Å². The van der Waals surface area contributed by atoms with Crippen molar-refractivity contribution in [1.82, 2.24) is 14.5 Å². The molecule has 1 aliphatic heterocycles. The highest BCUT2D eigenvalue weighted by molar-refractivity contribution is 9.10. The van der Waals surface area contributed by atoms with E-state index in [-0.39, 0.29) is 11.8 Å². The number of rotatable bonds is 6. The molecule has 3 aromatic carbocycles. The van der Waals surface area contributed by atoms with E-state index in [1.165, 1.54) is 5.56 Å². The van der Waals surface area contributed by atoms with Crippen molar-refractivity contribution in [3.05, 3.63) is 94.2 Å². The molecule has 1 aromatic heterocycles. The number of methoxy groups -OCH3 is 1. The van der Waals surface area contributed by atoms with Gasteiger partial charge < -0.3 is 14.2 Å². The lowest BCUT2D eigenvalue weighted by Crippen LogP contribution is -2.24. The van der Waals surface area contributed by atoms with E-state index in [9.17, 15) is 4.79 Å². The standard InChI is InChI=1S/C26H24BrN3O2/c1-32-22-12-8-18(9-13-22)15-29-17-20(14-25(29)31)26-28-23-4-2-3-5-24(23)30(26)16-19-6-10-21(27)11-7-19/h2-13,20H,14-17H2,1H3. The van der Waals surface area contributed by atoms with E-state index in [2.05, 4.69) is 50.8 Å². The van der Waals surface area contributed by atoms with Crippen molar-refractivity contribution in [2.75, 3.05) is 13.7 Å². The minimum Gasteiger partial charge on any atom is -0.497 e. The molecule has 1 amide bonds. The second-order valence-electron chi connectivity index (χ2n) is 8.19. The highest BCUT2D eigenvalue weighted by Gasteiger charge is 2.34. The second kappa shape index (κ2) is 8.79. The van der Waals surface area contributed by atoms with Crippen LogP contribution in [-0.4, -0.2) is 34.0 Å². The SMILES string of the molecule is COc1ccc(CN2CC(c3nc4ccccc4n3Cc3ccc(Br)cc3)CC2=O)cc1. The molecule has 1 saturated heterocycles. The summed E-state index contributed by atoms with van der Waals surface area (Å²) in [6, 6.07) is 24.5. The van der Waals surface area contributed by atoms with Gasteiger partial charge in [-0.3, -0.25) is 4.79 Å². The predicted molar refractivity (Wildman–Crippen MR) is 129 cm³/mol. The molecule has 4 aromatic rings. The van der Waals surface area contributed by atoms with Gasteiger partial charge >= 0.3 is 0 Å². The highest BCUT2D eigenvalue weighted by Crippen LogP contribution is 2.32. The number of halogens is 1. The average Bonchev–Trinajstić information content (AvgIpc) is 3.36. The Morgan fingerprint density at radius 3 is 2.41 bits per heavy atom. The fourth-order valence-corrected chi connectivity index (χ4v) is 4.66. The van der Waals surface area contributed by atoms with Gasteiger partial charge in [-0.2, -0.15) is 0 Å². The average molecular weight is 490 g/mol. The van der Waals surface area contributed by atoms with Gasteiger partial charge in [0, 0.05) is 36.4 Å². The maximum atomic E-state index is 12.9. The summed E-state index contributed by atoms with van der Waals surface area (Å²) in [5.41, 5.74) is 4.38. The lowest BCUT2D eigenvalue weighted by atomic mass is 10.1. The number of amides is 1. The third kappa shape index (κ3) is 4.15. The van der Waals surface area contributed by atoms with Gasteiger partial charge in [0.2, 0.25) is 5.91 Å². The van der Waals surface area contributed by atoms with Gasteiger partial charge in [-0.05, 0) is 47.5 Å². The lowest BCUT2D eigenvalue weighted by Gasteiger charge is -2.18. The molecule has 0 saturated carbocycles. The summed E-state index contributed by atoms with van der Waals surface area (Å²) < 4.78 is 8.57. The van der Waals surface area contributed by atoms with Crippen molar-refractivity contribution in [1.29, 1.82) is 0 Å². The molecular formula is C26H24BrN3O2. The Morgan fingerprint density at radius 1 is 0.969 bits per heavy atom. The van der Waals surface area contributed by atoms with Crippen LogP contribution in [0.25, 0.3) is 11.0 Å². The van der Waals surface area contributed by atoms with Crippen LogP contribution in [0.3, 0.4) is 0 Å². The van der Waals surface area contributed by atoms with Crippen molar-refractivity contribution in [3.63, 3.8) is 0 Å². The van der Waals surface area contributed by atoms with Gasteiger partial charge in [0.25, 0.3) is 0 Å². The van der Waals surface area contributed by atoms with E-state index in [0.29, 0.717) is 19.5 Å². The lowest BCUT2D eigenvalue weighted by molar-refractivity contribution is -0.128. The van der Waals surface area contributed by atoms with Crippen molar-refractivity contribution < 1.29 is 9.53 Å². The van der Waals surface area contributed by atoms with Crippen LogP contribution < -0.4 is 4.74 Å². The Balaban J connectivity index is 1.42. The molecule has 2 heterocycles. The third-order valence-corrected chi connectivity index (χ3v) is 6.58. The van der Waals surface area contributed by atoms with E-state index in [1.54, 1.807) is 7.11 Å². The van der Waals surface area contributed by atoms with Crippen LogP contribution in [0, 0.1) is 0 Å². The van der Waals surface area contributed by atoms with Gasteiger partial charge in [-0.1, -0.05) is 52.3 Å². The van der Waals surface area contributed by atoms with E-state index in [4.69, 9.17) is 9.72 Å². The number of hydrogen-bond acceptors (Lipinski definition) is 3. The fraction of sp³-hybridized carbons (Fsp3) is 0.231. The molecular weight excluding hydrogens is 466 g/mol. The Labute approximate surface area is 195 Å². The number of nitrogens with zero attached hydrogens (tertiary/aromatic N) is 3. The van der Waals surface area contributed by atoms with Gasteiger partial charge in [0.05, 0.1) is 18.1 Å². The molecule has 0 radical (unpaired) electrons. The number of likely N-dealkylation sites (tertiary alicyclic amines) is 1. The van der Waals surface area contributed by atoms with Crippen LogP contribution in [-0.2, 0) is 17.9 Å². The molecule has 32 heavy (non-hydrogen) atoms. The van der Waals surface area contributed by atoms with Crippen LogP contribution in [0.5, 0.6) is 5.75 Å². The minimum atomic E-state index is 0.0728. The molecule has 162 valence electrons. The molecule has 5 nitrogen and oxygen atoms in total. The third-order valence-electron chi connectivity index (χ3n) is 6.05. The number of imidazole rings is 1. The number of carbonyl (C=O) groups is 1. The van der Waals surface area contributed by atoms with Crippen molar-refractivity contribution in [3.8, 4) is 5.75 Å². The first-order chi connectivity index (χ1) is 15.6. The van der Waals surface area contributed by atoms with Crippen LogP contribution >= 0.6 is 15.9 Å². The number of fused-ring (bicyclic) bond motifs is 1. The van der Waals surface area contributed by atoms with Crippen LogP contribution in [0.15, 0.2) is 77.3 Å². The second-order valence-corrected chi connectivity index (χ2v) is 9.11. The first-order valence-corrected chi connectivity index (χ1v) is 11.5. The quantitative estimate of drug-likeness (QED) is 0.365. The van der Waals surface area contributed by atoms with Crippen LogP contribution in [0.1, 0.15) is 29.3 Å². The Bertz CT molecular complexity index is 1250. The largest absolute Gasteiger partial charge is 0.497 e. The zero-order valence-corrected chi connectivity index (χ0v) is 19.5. The summed E-state index contributed by atoms with van der Waals surface area (Å²) in [6.45, 7) is 2.01. The van der Waals surface area contributed by atoms with Gasteiger partial charge in [-0.25, -0.2) is 4.98 Å². The number of aromatic nitrogens is 2. The molecule has 5 rings (SSSR count). The minimum absolute atomic E-state index is 0.0728. The summed E-state index contributed by atoms with van der Waals surface area (Å²) in [7, 11) is 1.66. The van der Waals surface area contributed by atoms with Gasteiger partial charge in [-0.15, -0.1) is 0 Å². The molecule has 0 N–H and O–H groups in total. The Hall–Kier alpha value is -3.12. The zero-order chi connectivity index (χ0) is 22.1. The molecule has 1 unspecified atom stereocenters. The molecule has 0 spiro atoms. The van der Waals surface area contributed by atoms with E-state index >= 15 is 0 Å². The molecule has 6 heteroatoms. The number of para-hydroxylation sites is 2. The molecule has 1 atom stereocenters. The first-order valence-electron chi connectivity index (χ1n) is 10.7. The van der Waals surface area contributed by atoms with Crippen molar-refractivity contribution in [2.24, 2.45) is 0 Å². The maximum absolute atomic E-state index is 12.9. The Kier molecular flexibility index (Phi) is 5.70. The smallest absolute Gasteiger partial charge is 0.223 e. The van der Waals surface area contributed by atoms with E-state index < -0.39 is 0 Å². The van der Waals surface area contributed by atoms with Crippen LogP contribution in [0.2, 0.25) is 0 Å². The number of hydrogen-bond donors (Lipinski definition) is 0. The summed E-state index contributed by atoms with van der Waals surface area (Å²) in [5, 5.41) is 0. The number of carbonyl (C=O) groups excluding carboxylic acids is 1. The zero-order valence-electron chi connectivity index (χ0n) is 17.9. The van der Waals surface area contributed by atoms with Gasteiger partial charge in [0.1, 0.15) is 11.6 Å². The van der Waals surface area contributed by atoms with Crippen molar-refractivity contribution in [2.45, 2.75) is 25.4 Å². The number of ether oxygens (including phenoxy) is 1. The maximum Gasteiger partial charge on any atom is 0.223 e. The highest BCUT2D eigenvalue weighted by atomic mass is 79.9. The van der Waals surface area contributed by atoms with Crippen molar-refractivity contribution >= 4 is 32.9 Å². The van der Waals surface area contributed by atoms with Crippen LogP contribution in [0.4, 0.5) is 0 Å². The summed E-state index contributed by atoms with van der Waals surface area (Å²) >= 11 is 3.51. The summed E-state index contributed by atoms with van der Waals surface area (Å²) in [6.07, 6.45) is 0.486. The van der Waals surface area contributed by atoms with E-state index in [0.717, 1.165) is 39.2 Å². The molecule has 1 fully saturated rings. The number of benzene rings is 3. The Morgan fingerprint density at radius 2 is 1.66 bits per heavy atom. The fourth-order valence-electron chi connectivity index (χ4n) is 4.39. The predicted octanol–water partition coefficient (Wildman–Crippen LogP) is 5.37. The molecule has 0 bridgehead atoms. The molecule has 0 aliphatic carbocycles. The topological polar surface area (TPSA) is 47.4 Å². The first kappa shape index (κ1) is 20.8. The van der Waals surface area contributed by atoms with E-state index in [1.807, 2.05) is 47.4 Å². The summed E-state index contributed by atoms with van der Waals surface area (Å²) in [5.74, 6) is 2.05. The monoisotopic (exact) mass is 489 g/mol.